The molecule has 2 rings (SSSR count). The molecule has 0 aliphatic heterocycles. The molecule has 0 saturated heterocycles. The van der Waals surface area contributed by atoms with Gasteiger partial charge in [-0.3, -0.25) is 4.79 Å². The van der Waals surface area contributed by atoms with Crippen molar-refractivity contribution in [2.45, 2.75) is 6.54 Å². The van der Waals surface area contributed by atoms with E-state index >= 15 is 0 Å². The number of halogens is 2. The minimum absolute atomic E-state index is 0.169. The van der Waals surface area contributed by atoms with E-state index in [4.69, 9.17) is 14.2 Å². The summed E-state index contributed by atoms with van der Waals surface area (Å²) < 4.78 is 29.2. The van der Waals surface area contributed by atoms with Crippen molar-refractivity contribution in [1.82, 2.24) is 5.32 Å². The topological polar surface area (TPSA) is 56.8 Å². The maximum Gasteiger partial charge on any atom is 0.258 e. The van der Waals surface area contributed by atoms with E-state index in [-0.39, 0.29) is 18.3 Å². The Balaban J connectivity index is 1.87. The number of ether oxygens (including phenoxy) is 3. The fraction of sp³-hybridized carbons (Fsp3) is 0.235. The van der Waals surface area contributed by atoms with Crippen LogP contribution in [-0.2, 0) is 11.3 Å². The third kappa shape index (κ3) is 4.86. The third-order valence-corrected chi connectivity index (χ3v) is 3.81. The average Bonchev–Trinajstić information content (AvgIpc) is 2.58. The van der Waals surface area contributed by atoms with Crippen LogP contribution in [0, 0.1) is 5.82 Å². The van der Waals surface area contributed by atoms with Crippen LogP contribution in [0.1, 0.15) is 5.56 Å². The first kappa shape index (κ1) is 18.1. The fourth-order valence-electron chi connectivity index (χ4n) is 1.98. The van der Waals surface area contributed by atoms with E-state index in [1.807, 2.05) is 6.07 Å². The van der Waals surface area contributed by atoms with E-state index in [1.54, 1.807) is 26.4 Å². The molecule has 0 atom stereocenters. The number of nitrogens with one attached hydrogen (secondary N) is 1. The Hall–Kier alpha value is -2.28. The van der Waals surface area contributed by atoms with Gasteiger partial charge in [0.1, 0.15) is 11.6 Å². The quantitative estimate of drug-likeness (QED) is 0.778. The van der Waals surface area contributed by atoms with Crippen LogP contribution in [0.25, 0.3) is 0 Å². The van der Waals surface area contributed by atoms with Crippen molar-refractivity contribution in [2.75, 3.05) is 20.8 Å². The summed E-state index contributed by atoms with van der Waals surface area (Å²) in [4.78, 5) is 11.9. The molecular formula is C17H17BrFNO4. The first-order valence-corrected chi connectivity index (χ1v) is 7.88. The zero-order chi connectivity index (χ0) is 17.5. The van der Waals surface area contributed by atoms with Gasteiger partial charge < -0.3 is 19.5 Å². The zero-order valence-electron chi connectivity index (χ0n) is 13.3. The number of benzene rings is 2. The van der Waals surface area contributed by atoms with Crippen molar-refractivity contribution in [2.24, 2.45) is 0 Å². The van der Waals surface area contributed by atoms with Gasteiger partial charge in [0.15, 0.2) is 18.1 Å². The summed E-state index contributed by atoms with van der Waals surface area (Å²) in [5, 5.41) is 2.74. The van der Waals surface area contributed by atoms with Gasteiger partial charge in [0.2, 0.25) is 0 Å². The Morgan fingerprint density at radius 3 is 2.46 bits per heavy atom. The molecule has 128 valence electrons. The molecule has 0 spiro atoms. The van der Waals surface area contributed by atoms with Gasteiger partial charge in [0, 0.05) is 6.54 Å². The van der Waals surface area contributed by atoms with Crippen molar-refractivity contribution in [1.29, 1.82) is 0 Å². The SMILES string of the molecule is COc1ccc(CNC(=O)COc2ccc(F)cc2Br)cc1OC. The van der Waals surface area contributed by atoms with Gasteiger partial charge in [0.05, 0.1) is 18.7 Å². The Labute approximate surface area is 147 Å². The molecule has 5 nitrogen and oxygen atoms in total. The lowest BCUT2D eigenvalue weighted by molar-refractivity contribution is -0.123. The minimum Gasteiger partial charge on any atom is -0.493 e. The molecule has 2 aromatic rings. The minimum atomic E-state index is -0.382. The Morgan fingerprint density at radius 2 is 1.79 bits per heavy atom. The van der Waals surface area contributed by atoms with Gasteiger partial charge in [-0.2, -0.15) is 0 Å². The van der Waals surface area contributed by atoms with Crippen molar-refractivity contribution >= 4 is 21.8 Å². The fourth-order valence-corrected chi connectivity index (χ4v) is 2.44. The Bertz CT molecular complexity index is 724. The number of methoxy groups -OCH3 is 2. The molecule has 2 aromatic carbocycles. The van der Waals surface area contributed by atoms with E-state index in [0.29, 0.717) is 28.3 Å². The van der Waals surface area contributed by atoms with E-state index in [2.05, 4.69) is 21.2 Å². The largest absolute Gasteiger partial charge is 0.493 e. The maximum absolute atomic E-state index is 13.0. The monoisotopic (exact) mass is 397 g/mol. The predicted octanol–water partition coefficient (Wildman–Crippen LogP) is 3.30. The molecule has 7 heteroatoms. The van der Waals surface area contributed by atoms with Gasteiger partial charge in [0.25, 0.3) is 5.91 Å². The summed E-state index contributed by atoms with van der Waals surface area (Å²) in [6.45, 7) is 0.157. The lowest BCUT2D eigenvalue weighted by Crippen LogP contribution is -2.28. The van der Waals surface area contributed by atoms with Gasteiger partial charge >= 0.3 is 0 Å². The van der Waals surface area contributed by atoms with Crippen LogP contribution < -0.4 is 19.5 Å². The molecule has 0 unspecified atom stereocenters. The number of rotatable bonds is 7. The smallest absolute Gasteiger partial charge is 0.258 e. The van der Waals surface area contributed by atoms with Gasteiger partial charge in [-0.25, -0.2) is 4.39 Å². The number of hydrogen-bond donors (Lipinski definition) is 1. The van der Waals surface area contributed by atoms with E-state index in [9.17, 15) is 9.18 Å². The molecule has 0 heterocycles. The Morgan fingerprint density at radius 1 is 1.08 bits per heavy atom. The highest BCUT2D eigenvalue weighted by atomic mass is 79.9. The number of carbonyl (C=O) groups excluding carboxylic acids is 1. The highest BCUT2D eigenvalue weighted by Crippen LogP contribution is 2.27. The second-order valence-electron chi connectivity index (χ2n) is 4.83. The molecule has 0 aromatic heterocycles. The first-order valence-electron chi connectivity index (χ1n) is 7.09. The molecule has 0 saturated carbocycles. The molecule has 24 heavy (non-hydrogen) atoms. The molecule has 0 fully saturated rings. The highest BCUT2D eigenvalue weighted by Gasteiger charge is 2.08. The van der Waals surface area contributed by atoms with E-state index in [1.165, 1.54) is 18.2 Å². The van der Waals surface area contributed by atoms with Crippen LogP contribution in [0.15, 0.2) is 40.9 Å². The number of carbonyl (C=O) groups is 1. The van der Waals surface area contributed by atoms with E-state index < -0.39 is 0 Å². The van der Waals surface area contributed by atoms with E-state index in [0.717, 1.165) is 5.56 Å². The van der Waals surface area contributed by atoms with Gasteiger partial charge in [-0.15, -0.1) is 0 Å². The summed E-state index contributed by atoms with van der Waals surface area (Å²) in [6, 6.07) is 9.39. The second-order valence-corrected chi connectivity index (χ2v) is 5.68. The van der Waals surface area contributed by atoms with Gasteiger partial charge in [-0.1, -0.05) is 6.07 Å². The van der Waals surface area contributed by atoms with Gasteiger partial charge in [-0.05, 0) is 51.8 Å². The van der Waals surface area contributed by atoms with Crippen LogP contribution in [0.5, 0.6) is 17.2 Å². The first-order chi connectivity index (χ1) is 11.5. The predicted molar refractivity (Wildman–Crippen MR) is 91.0 cm³/mol. The average molecular weight is 398 g/mol. The number of amides is 1. The van der Waals surface area contributed by atoms with Crippen LogP contribution in [-0.4, -0.2) is 26.7 Å². The summed E-state index contributed by atoms with van der Waals surface area (Å²) in [7, 11) is 3.11. The lowest BCUT2D eigenvalue weighted by Gasteiger charge is -2.11. The molecule has 1 amide bonds. The summed E-state index contributed by atoms with van der Waals surface area (Å²) >= 11 is 3.18. The normalized spacial score (nSPS) is 10.2. The third-order valence-electron chi connectivity index (χ3n) is 3.19. The highest BCUT2D eigenvalue weighted by molar-refractivity contribution is 9.10. The second kappa shape index (κ2) is 8.54. The molecule has 1 N–H and O–H groups in total. The maximum atomic E-state index is 13.0. The van der Waals surface area contributed by atoms with Crippen molar-refractivity contribution in [3.63, 3.8) is 0 Å². The van der Waals surface area contributed by atoms with Crippen LogP contribution in [0.3, 0.4) is 0 Å². The van der Waals surface area contributed by atoms with Crippen LogP contribution >= 0.6 is 15.9 Å². The molecule has 0 bridgehead atoms. The summed E-state index contributed by atoms with van der Waals surface area (Å²) in [6.07, 6.45) is 0. The Kier molecular flexibility index (Phi) is 6.43. The molecule has 0 radical (unpaired) electrons. The summed E-state index contributed by atoms with van der Waals surface area (Å²) in [5.41, 5.74) is 0.865. The van der Waals surface area contributed by atoms with Crippen molar-refractivity contribution in [3.05, 3.63) is 52.3 Å². The van der Waals surface area contributed by atoms with Crippen molar-refractivity contribution < 1.29 is 23.4 Å². The van der Waals surface area contributed by atoms with Crippen LogP contribution in [0.2, 0.25) is 0 Å². The lowest BCUT2D eigenvalue weighted by atomic mass is 10.2. The summed E-state index contributed by atoms with van der Waals surface area (Å²) in [5.74, 6) is 0.943. The molecular weight excluding hydrogens is 381 g/mol. The molecule has 0 aliphatic rings. The van der Waals surface area contributed by atoms with Crippen LogP contribution in [0.4, 0.5) is 4.39 Å². The number of hydrogen-bond acceptors (Lipinski definition) is 4. The standard InChI is InChI=1S/C17H17BrFNO4/c1-22-15-5-3-11(7-16(15)23-2)9-20-17(21)10-24-14-6-4-12(19)8-13(14)18/h3-8H,9-10H2,1-2H3,(H,20,21). The molecule has 0 aliphatic carbocycles. The zero-order valence-corrected chi connectivity index (χ0v) is 14.9. The van der Waals surface area contributed by atoms with Crippen molar-refractivity contribution in [3.8, 4) is 17.2 Å².